The third-order valence-corrected chi connectivity index (χ3v) is 3.02. The van der Waals surface area contributed by atoms with Crippen LogP contribution in [0.4, 0.5) is 0 Å². The molecule has 0 fully saturated rings. The molecule has 4 nitrogen and oxygen atoms in total. The molecule has 0 bridgehead atoms. The van der Waals surface area contributed by atoms with Crippen molar-refractivity contribution >= 4 is 0 Å². The normalized spacial score (nSPS) is 12.6. The molecule has 2 aromatic rings. The molecular formula is C15H19N3O. The van der Waals surface area contributed by atoms with E-state index < -0.39 is 0 Å². The van der Waals surface area contributed by atoms with Crippen LogP contribution in [0.2, 0.25) is 0 Å². The molecule has 0 aliphatic heterocycles. The number of rotatable bonds is 4. The van der Waals surface area contributed by atoms with Gasteiger partial charge < -0.3 is 10.7 Å². The summed E-state index contributed by atoms with van der Waals surface area (Å²) in [6.07, 6.45) is 0.563. The molecular weight excluding hydrogens is 238 g/mol. The lowest BCUT2D eigenvalue weighted by atomic mass is 10.0. The summed E-state index contributed by atoms with van der Waals surface area (Å²) in [6.45, 7) is 4.00. The zero-order valence-corrected chi connectivity index (χ0v) is 11.3. The molecule has 1 atom stereocenters. The molecule has 2 rings (SSSR count). The number of aromatic amines is 1. The van der Waals surface area contributed by atoms with E-state index in [1.54, 1.807) is 0 Å². The second-order valence-electron chi connectivity index (χ2n) is 5.00. The van der Waals surface area contributed by atoms with Gasteiger partial charge in [-0.1, -0.05) is 44.2 Å². The maximum absolute atomic E-state index is 11.6. The fourth-order valence-corrected chi connectivity index (χ4v) is 1.95. The van der Waals surface area contributed by atoms with E-state index in [4.69, 9.17) is 5.73 Å². The molecule has 1 aromatic carbocycles. The number of H-pyrrole nitrogens is 1. The van der Waals surface area contributed by atoms with E-state index in [0.29, 0.717) is 12.2 Å². The molecule has 0 amide bonds. The van der Waals surface area contributed by atoms with E-state index in [-0.39, 0.29) is 17.5 Å². The van der Waals surface area contributed by atoms with Gasteiger partial charge in [0.1, 0.15) is 5.82 Å². The van der Waals surface area contributed by atoms with Crippen LogP contribution in [0.3, 0.4) is 0 Å². The Balaban J connectivity index is 2.22. The number of nitrogens with two attached hydrogens (primary N) is 1. The van der Waals surface area contributed by atoms with Gasteiger partial charge >= 0.3 is 0 Å². The number of hydrogen-bond acceptors (Lipinski definition) is 3. The van der Waals surface area contributed by atoms with Crippen molar-refractivity contribution in [2.75, 3.05) is 0 Å². The molecule has 1 heterocycles. The average Bonchev–Trinajstić information content (AvgIpc) is 2.39. The van der Waals surface area contributed by atoms with Crippen LogP contribution in [0, 0.1) is 0 Å². The Hall–Kier alpha value is -1.94. The number of nitrogens with one attached hydrogen (secondary N) is 1. The molecule has 0 aliphatic carbocycles. The smallest absolute Gasteiger partial charge is 0.251 e. The summed E-state index contributed by atoms with van der Waals surface area (Å²) >= 11 is 0. The van der Waals surface area contributed by atoms with Crippen LogP contribution in [-0.2, 0) is 6.42 Å². The van der Waals surface area contributed by atoms with Crippen LogP contribution in [-0.4, -0.2) is 9.97 Å². The maximum atomic E-state index is 11.6. The Labute approximate surface area is 112 Å². The molecule has 19 heavy (non-hydrogen) atoms. The highest BCUT2D eigenvalue weighted by Crippen LogP contribution is 2.15. The summed E-state index contributed by atoms with van der Waals surface area (Å²) in [5.74, 6) is 0.906. The third-order valence-electron chi connectivity index (χ3n) is 3.02. The standard InChI is InChI=1S/C15H19N3O/c1-10(2)15-17-12(9-14(19)18-15)8-13(16)11-6-4-3-5-7-11/h3-7,9-10,13H,8,16H2,1-2H3,(H,17,18,19)/t13-/m0/s1. The van der Waals surface area contributed by atoms with Gasteiger partial charge in [0.2, 0.25) is 0 Å². The van der Waals surface area contributed by atoms with Crippen molar-refractivity contribution in [1.82, 2.24) is 9.97 Å². The van der Waals surface area contributed by atoms with Gasteiger partial charge in [-0.15, -0.1) is 0 Å². The predicted molar refractivity (Wildman–Crippen MR) is 76.0 cm³/mol. The second-order valence-corrected chi connectivity index (χ2v) is 5.00. The molecule has 0 unspecified atom stereocenters. The van der Waals surface area contributed by atoms with Gasteiger partial charge in [-0.2, -0.15) is 0 Å². The van der Waals surface area contributed by atoms with Crippen LogP contribution in [0.15, 0.2) is 41.2 Å². The van der Waals surface area contributed by atoms with Crippen molar-refractivity contribution in [2.24, 2.45) is 5.73 Å². The summed E-state index contributed by atoms with van der Waals surface area (Å²) in [5.41, 5.74) is 7.83. The summed E-state index contributed by atoms with van der Waals surface area (Å²) in [7, 11) is 0. The van der Waals surface area contributed by atoms with Gasteiger partial charge in [-0.3, -0.25) is 4.79 Å². The van der Waals surface area contributed by atoms with Gasteiger partial charge in [0.05, 0.1) is 0 Å². The highest BCUT2D eigenvalue weighted by Gasteiger charge is 2.10. The minimum absolute atomic E-state index is 0.117. The Bertz CT molecular complexity index is 590. The highest BCUT2D eigenvalue weighted by atomic mass is 16.1. The van der Waals surface area contributed by atoms with Crippen LogP contribution in [0.25, 0.3) is 0 Å². The van der Waals surface area contributed by atoms with Crippen LogP contribution >= 0.6 is 0 Å². The van der Waals surface area contributed by atoms with Crippen molar-refractivity contribution in [1.29, 1.82) is 0 Å². The summed E-state index contributed by atoms with van der Waals surface area (Å²) in [4.78, 5) is 18.8. The number of benzene rings is 1. The number of nitrogens with zero attached hydrogens (tertiary/aromatic N) is 1. The largest absolute Gasteiger partial charge is 0.324 e. The molecule has 0 spiro atoms. The summed E-state index contributed by atoms with van der Waals surface area (Å²) in [5, 5.41) is 0. The third kappa shape index (κ3) is 3.51. The lowest BCUT2D eigenvalue weighted by Gasteiger charge is -2.12. The zero-order chi connectivity index (χ0) is 13.8. The Kier molecular flexibility index (Phi) is 4.12. The van der Waals surface area contributed by atoms with Crippen molar-refractivity contribution in [2.45, 2.75) is 32.2 Å². The van der Waals surface area contributed by atoms with E-state index >= 15 is 0 Å². The lowest BCUT2D eigenvalue weighted by molar-refractivity contribution is 0.681. The van der Waals surface area contributed by atoms with Crippen LogP contribution < -0.4 is 11.3 Å². The maximum Gasteiger partial charge on any atom is 0.251 e. The van der Waals surface area contributed by atoms with Crippen molar-refractivity contribution in [3.05, 3.63) is 63.8 Å². The van der Waals surface area contributed by atoms with Crippen molar-refractivity contribution < 1.29 is 0 Å². The molecule has 0 saturated heterocycles. The minimum Gasteiger partial charge on any atom is -0.324 e. The molecule has 0 radical (unpaired) electrons. The van der Waals surface area contributed by atoms with Crippen LogP contribution in [0.5, 0.6) is 0 Å². The summed E-state index contributed by atoms with van der Waals surface area (Å²) in [6, 6.07) is 11.2. The minimum atomic E-state index is -0.143. The van der Waals surface area contributed by atoms with Crippen molar-refractivity contribution in [3.8, 4) is 0 Å². The van der Waals surface area contributed by atoms with E-state index in [9.17, 15) is 4.79 Å². The van der Waals surface area contributed by atoms with E-state index in [0.717, 1.165) is 11.3 Å². The van der Waals surface area contributed by atoms with E-state index in [2.05, 4.69) is 9.97 Å². The molecule has 1 aromatic heterocycles. The SMILES string of the molecule is CC(C)c1nc(C[C@H](N)c2ccccc2)cc(=O)[nH]1. The first kappa shape index (κ1) is 13.5. The van der Waals surface area contributed by atoms with Gasteiger partial charge in [0.15, 0.2) is 0 Å². The highest BCUT2D eigenvalue weighted by molar-refractivity contribution is 5.20. The fraction of sp³-hybridized carbons (Fsp3) is 0.333. The van der Waals surface area contributed by atoms with Gasteiger partial charge in [-0.25, -0.2) is 4.98 Å². The topological polar surface area (TPSA) is 71.8 Å². The van der Waals surface area contributed by atoms with Crippen LogP contribution in [0.1, 0.15) is 42.9 Å². The second kappa shape index (κ2) is 5.80. The van der Waals surface area contributed by atoms with E-state index in [1.165, 1.54) is 6.07 Å². The first-order chi connectivity index (χ1) is 9.06. The predicted octanol–water partition coefficient (Wildman–Crippen LogP) is 2.14. The van der Waals surface area contributed by atoms with E-state index in [1.807, 2.05) is 44.2 Å². The molecule has 0 saturated carbocycles. The Morgan fingerprint density at radius 2 is 1.95 bits per heavy atom. The zero-order valence-electron chi connectivity index (χ0n) is 11.3. The monoisotopic (exact) mass is 257 g/mol. The Morgan fingerprint density at radius 1 is 1.26 bits per heavy atom. The fourth-order valence-electron chi connectivity index (χ4n) is 1.95. The Morgan fingerprint density at radius 3 is 2.58 bits per heavy atom. The van der Waals surface area contributed by atoms with Gasteiger partial charge in [0.25, 0.3) is 5.56 Å². The van der Waals surface area contributed by atoms with Gasteiger partial charge in [0, 0.05) is 30.1 Å². The number of hydrogen-bond donors (Lipinski definition) is 2. The average molecular weight is 257 g/mol. The summed E-state index contributed by atoms with van der Waals surface area (Å²) < 4.78 is 0. The molecule has 3 N–H and O–H groups in total. The molecule has 4 heteroatoms. The first-order valence-electron chi connectivity index (χ1n) is 6.47. The quantitative estimate of drug-likeness (QED) is 0.881. The molecule has 100 valence electrons. The van der Waals surface area contributed by atoms with Crippen molar-refractivity contribution in [3.63, 3.8) is 0 Å². The molecule has 0 aliphatic rings. The van der Waals surface area contributed by atoms with Gasteiger partial charge in [-0.05, 0) is 5.56 Å². The first-order valence-corrected chi connectivity index (χ1v) is 6.47. The lowest BCUT2D eigenvalue weighted by Crippen LogP contribution is -2.18. The number of aromatic nitrogens is 2.